The zero-order chi connectivity index (χ0) is 16.2. The van der Waals surface area contributed by atoms with Gasteiger partial charge in [-0.1, -0.05) is 18.2 Å². The first-order chi connectivity index (χ1) is 11.1. The monoisotopic (exact) mass is 331 g/mol. The number of urea groups is 1. The van der Waals surface area contributed by atoms with Crippen LogP contribution in [0.5, 0.6) is 0 Å². The van der Waals surface area contributed by atoms with Gasteiger partial charge in [0, 0.05) is 11.2 Å². The molecule has 3 amide bonds. The second-order valence-electron chi connectivity index (χ2n) is 5.87. The van der Waals surface area contributed by atoms with E-state index in [2.05, 4.69) is 33.5 Å². The highest BCUT2D eigenvalue weighted by Gasteiger charge is 2.23. The van der Waals surface area contributed by atoms with Gasteiger partial charge >= 0.3 is 6.03 Å². The molecule has 5 nitrogen and oxygen atoms in total. The van der Waals surface area contributed by atoms with Gasteiger partial charge < -0.3 is 16.0 Å². The van der Waals surface area contributed by atoms with Gasteiger partial charge in [0.1, 0.15) is 6.04 Å². The standard InChI is InChI=1S/C17H21N3O2S/c1-11(13-10-23-15-8-3-2-6-12(13)15)19-17(22)20-14-7-4-5-9-18-16(14)21/h2-3,6,8,10-11,14H,4-5,7,9H2,1H3,(H,18,21)(H2,19,20,22). The summed E-state index contributed by atoms with van der Waals surface area (Å²) >= 11 is 1.67. The third kappa shape index (κ3) is 3.64. The van der Waals surface area contributed by atoms with E-state index in [1.54, 1.807) is 11.3 Å². The van der Waals surface area contributed by atoms with Crippen molar-refractivity contribution in [2.75, 3.05) is 6.54 Å². The first-order valence-electron chi connectivity index (χ1n) is 7.96. The first-order valence-corrected chi connectivity index (χ1v) is 8.84. The lowest BCUT2D eigenvalue weighted by atomic mass is 10.1. The molecule has 2 unspecified atom stereocenters. The van der Waals surface area contributed by atoms with Gasteiger partial charge in [0.15, 0.2) is 0 Å². The highest BCUT2D eigenvalue weighted by molar-refractivity contribution is 7.17. The van der Waals surface area contributed by atoms with Crippen molar-refractivity contribution in [3.63, 3.8) is 0 Å². The molecule has 2 heterocycles. The van der Waals surface area contributed by atoms with E-state index in [0.29, 0.717) is 13.0 Å². The summed E-state index contributed by atoms with van der Waals surface area (Å²) in [5, 5.41) is 11.8. The molecule has 0 bridgehead atoms. The van der Waals surface area contributed by atoms with Gasteiger partial charge in [-0.15, -0.1) is 11.3 Å². The molecule has 0 saturated carbocycles. The molecule has 0 radical (unpaired) electrons. The van der Waals surface area contributed by atoms with E-state index in [4.69, 9.17) is 0 Å². The highest BCUT2D eigenvalue weighted by Crippen LogP contribution is 2.29. The van der Waals surface area contributed by atoms with Gasteiger partial charge in [0.2, 0.25) is 5.91 Å². The summed E-state index contributed by atoms with van der Waals surface area (Å²) in [6.45, 7) is 2.65. The van der Waals surface area contributed by atoms with Crippen LogP contribution in [-0.2, 0) is 4.79 Å². The fraction of sp³-hybridized carbons (Fsp3) is 0.412. The van der Waals surface area contributed by atoms with Gasteiger partial charge in [0.25, 0.3) is 0 Å². The molecule has 0 aliphatic carbocycles. The maximum atomic E-state index is 12.2. The molecule has 2 atom stereocenters. The quantitative estimate of drug-likeness (QED) is 0.809. The predicted molar refractivity (Wildman–Crippen MR) is 92.6 cm³/mol. The van der Waals surface area contributed by atoms with Gasteiger partial charge in [-0.2, -0.15) is 0 Å². The molecule has 1 fully saturated rings. The summed E-state index contributed by atoms with van der Waals surface area (Å²) < 4.78 is 1.21. The Balaban J connectivity index is 1.64. The van der Waals surface area contributed by atoms with Crippen molar-refractivity contribution < 1.29 is 9.59 Å². The lowest BCUT2D eigenvalue weighted by molar-refractivity contribution is -0.122. The summed E-state index contributed by atoms with van der Waals surface area (Å²) in [7, 11) is 0. The number of nitrogens with one attached hydrogen (secondary N) is 3. The molecular weight excluding hydrogens is 310 g/mol. The number of thiophene rings is 1. The fourth-order valence-electron chi connectivity index (χ4n) is 2.89. The van der Waals surface area contributed by atoms with E-state index in [-0.39, 0.29) is 18.0 Å². The Morgan fingerprint density at radius 2 is 2.17 bits per heavy atom. The molecular formula is C17H21N3O2S. The minimum Gasteiger partial charge on any atom is -0.354 e. The second-order valence-corrected chi connectivity index (χ2v) is 6.78. The number of benzene rings is 1. The Kier molecular flexibility index (Phi) is 4.81. The van der Waals surface area contributed by atoms with Gasteiger partial charge in [0.05, 0.1) is 6.04 Å². The van der Waals surface area contributed by atoms with E-state index in [1.165, 1.54) is 4.70 Å². The topological polar surface area (TPSA) is 70.2 Å². The minimum absolute atomic E-state index is 0.0914. The van der Waals surface area contributed by atoms with Crippen LogP contribution in [0.25, 0.3) is 10.1 Å². The highest BCUT2D eigenvalue weighted by atomic mass is 32.1. The van der Waals surface area contributed by atoms with Crippen molar-refractivity contribution in [1.82, 2.24) is 16.0 Å². The Bertz CT molecular complexity index is 713. The SMILES string of the molecule is CC(NC(=O)NC1CCCCNC1=O)c1csc2ccccc12. The number of hydrogen-bond donors (Lipinski definition) is 3. The minimum atomic E-state index is -0.441. The maximum absolute atomic E-state index is 12.2. The van der Waals surface area contributed by atoms with Crippen LogP contribution in [-0.4, -0.2) is 24.5 Å². The smallest absolute Gasteiger partial charge is 0.315 e. The van der Waals surface area contributed by atoms with Gasteiger partial charge in [-0.25, -0.2) is 4.79 Å². The van der Waals surface area contributed by atoms with Crippen LogP contribution in [0.4, 0.5) is 4.79 Å². The third-order valence-electron chi connectivity index (χ3n) is 4.17. The summed E-state index contributed by atoms with van der Waals surface area (Å²) in [5.74, 6) is -0.0914. The average Bonchev–Trinajstić information content (AvgIpc) is 2.87. The number of carbonyl (C=O) groups is 2. The van der Waals surface area contributed by atoms with Crippen LogP contribution in [0, 0.1) is 0 Å². The van der Waals surface area contributed by atoms with E-state index < -0.39 is 6.04 Å². The predicted octanol–water partition coefficient (Wildman–Crippen LogP) is 2.93. The third-order valence-corrected chi connectivity index (χ3v) is 5.15. The second kappa shape index (κ2) is 7.00. The van der Waals surface area contributed by atoms with Crippen molar-refractivity contribution in [3.8, 4) is 0 Å². The molecule has 3 N–H and O–H groups in total. The van der Waals surface area contributed by atoms with Crippen LogP contribution in [0.15, 0.2) is 29.6 Å². The molecule has 1 aromatic heterocycles. The molecule has 1 aliphatic rings. The Morgan fingerprint density at radius 3 is 3.04 bits per heavy atom. The lowest BCUT2D eigenvalue weighted by Crippen LogP contribution is -2.49. The summed E-state index contributed by atoms with van der Waals surface area (Å²) in [6.07, 6.45) is 2.59. The number of amides is 3. The van der Waals surface area contributed by atoms with Crippen molar-refractivity contribution in [3.05, 3.63) is 35.2 Å². The molecule has 6 heteroatoms. The van der Waals surface area contributed by atoms with Gasteiger partial charge in [-0.05, 0) is 48.6 Å². The van der Waals surface area contributed by atoms with Crippen LogP contribution >= 0.6 is 11.3 Å². The zero-order valence-electron chi connectivity index (χ0n) is 13.1. The molecule has 1 saturated heterocycles. The molecule has 1 aromatic carbocycles. The summed E-state index contributed by atoms with van der Waals surface area (Å²) in [5.41, 5.74) is 1.10. The maximum Gasteiger partial charge on any atom is 0.315 e. The Morgan fingerprint density at radius 1 is 1.35 bits per heavy atom. The normalized spacial score (nSPS) is 19.7. The first kappa shape index (κ1) is 15.8. The van der Waals surface area contributed by atoms with Crippen LogP contribution in [0.2, 0.25) is 0 Å². The summed E-state index contributed by atoms with van der Waals surface area (Å²) in [4.78, 5) is 24.1. The molecule has 122 valence electrons. The van der Waals surface area contributed by atoms with E-state index in [1.807, 2.05) is 19.1 Å². The van der Waals surface area contributed by atoms with E-state index in [9.17, 15) is 9.59 Å². The van der Waals surface area contributed by atoms with Crippen molar-refractivity contribution >= 4 is 33.4 Å². The van der Waals surface area contributed by atoms with Gasteiger partial charge in [-0.3, -0.25) is 4.79 Å². The number of carbonyl (C=O) groups excluding carboxylic acids is 2. The van der Waals surface area contributed by atoms with Crippen molar-refractivity contribution in [2.45, 2.75) is 38.3 Å². The fourth-order valence-corrected chi connectivity index (χ4v) is 3.94. The molecule has 23 heavy (non-hydrogen) atoms. The summed E-state index contributed by atoms with van der Waals surface area (Å²) in [6, 6.07) is 7.31. The van der Waals surface area contributed by atoms with Crippen molar-refractivity contribution in [1.29, 1.82) is 0 Å². The van der Waals surface area contributed by atoms with Crippen LogP contribution in [0.1, 0.15) is 37.8 Å². The van der Waals surface area contributed by atoms with E-state index in [0.717, 1.165) is 23.8 Å². The molecule has 2 aromatic rings. The van der Waals surface area contributed by atoms with Crippen molar-refractivity contribution in [2.24, 2.45) is 0 Å². The molecule has 1 aliphatic heterocycles. The van der Waals surface area contributed by atoms with Crippen LogP contribution in [0.3, 0.4) is 0 Å². The molecule has 0 spiro atoms. The average molecular weight is 331 g/mol. The molecule has 3 rings (SSSR count). The Labute approximate surface area is 139 Å². The van der Waals surface area contributed by atoms with Crippen LogP contribution < -0.4 is 16.0 Å². The Hall–Kier alpha value is -2.08. The number of hydrogen-bond acceptors (Lipinski definition) is 3. The number of rotatable bonds is 3. The lowest BCUT2D eigenvalue weighted by Gasteiger charge is -2.19. The number of fused-ring (bicyclic) bond motifs is 1. The largest absolute Gasteiger partial charge is 0.354 e. The van der Waals surface area contributed by atoms with E-state index >= 15 is 0 Å². The zero-order valence-corrected chi connectivity index (χ0v) is 13.9.